The summed E-state index contributed by atoms with van der Waals surface area (Å²) in [6, 6.07) is 0. The molecular formula is C22H32O5. The van der Waals surface area contributed by atoms with Gasteiger partial charge in [0.05, 0.1) is 0 Å². The maximum atomic E-state index is 12.7. The quantitative estimate of drug-likeness (QED) is 0.542. The summed E-state index contributed by atoms with van der Waals surface area (Å²) in [4.78, 5) is 37.0. The average molecular weight is 376 g/mol. The molecule has 150 valence electrons. The molecule has 27 heavy (non-hydrogen) atoms. The van der Waals surface area contributed by atoms with Gasteiger partial charge in [0.15, 0.2) is 5.78 Å². The van der Waals surface area contributed by atoms with Crippen LogP contribution in [0.15, 0.2) is 22.8 Å². The predicted octanol–water partition coefficient (Wildman–Crippen LogP) is 4.30. The second kappa shape index (κ2) is 7.61. The van der Waals surface area contributed by atoms with E-state index in [1.807, 2.05) is 20.8 Å². The van der Waals surface area contributed by atoms with Gasteiger partial charge in [-0.1, -0.05) is 18.6 Å². The largest absolute Gasteiger partial charge is 0.455 e. The number of carbonyl (C=O) groups excluding carboxylic acids is 3. The zero-order valence-electron chi connectivity index (χ0n) is 17.6. The fraction of sp³-hybridized carbons (Fsp3) is 0.682. The molecule has 2 aliphatic rings. The highest BCUT2D eigenvalue weighted by molar-refractivity contribution is 5.97. The van der Waals surface area contributed by atoms with Gasteiger partial charge in [0, 0.05) is 24.8 Å². The van der Waals surface area contributed by atoms with Crippen LogP contribution in [0, 0.1) is 11.3 Å². The van der Waals surface area contributed by atoms with Crippen LogP contribution < -0.4 is 0 Å². The zero-order valence-corrected chi connectivity index (χ0v) is 17.6. The highest BCUT2D eigenvalue weighted by Crippen LogP contribution is 2.56. The Labute approximate surface area is 162 Å². The Kier molecular flexibility index (Phi) is 6.03. The van der Waals surface area contributed by atoms with E-state index in [1.165, 1.54) is 6.92 Å². The Morgan fingerprint density at radius 3 is 2.30 bits per heavy atom. The van der Waals surface area contributed by atoms with Crippen molar-refractivity contribution in [1.29, 1.82) is 0 Å². The van der Waals surface area contributed by atoms with Crippen LogP contribution in [0.1, 0.15) is 74.1 Å². The topological polar surface area (TPSA) is 69.7 Å². The van der Waals surface area contributed by atoms with Gasteiger partial charge < -0.3 is 9.47 Å². The minimum atomic E-state index is -0.968. The monoisotopic (exact) mass is 376 g/mol. The summed E-state index contributed by atoms with van der Waals surface area (Å²) >= 11 is 0. The number of ketones is 1. The Morgan fingerprint density at radius 1 is 1.15 bits per heavy atom. The van der Waals surface area contributed by atoms with E-state index in [2.05, 4.69) is 6.92 Å². The number of rotatable bonds is 3. The van der Waals surface area contributed by atoms with E-state index in [4.69, 9.17) is 9.47 Å². The highest BCUT2D eigenvalue weighted by atomic mass is 16.6. The summed E-state index contributed by atoms with van der Waals surface area (Å²) in [5.41, 5.74) is 1.09. The molecule has 0 aromatic carbocycles. The summed E-state index contributed by atoms with van der Waals surface area (Å²) in [5, 5.41) is 0. The molecular weight excluding hydrogens is 344 g/mol. The van der Waals surface area contributed by atoms with Crippen molar-refractivity contribution in [1.82, 2.24) is 0 Å². The van der Waals surface area contributed by atoms with E-state index in [0.717, 1.165) is 17.6 Å². The van der Waals surface area contributed by atoms with Crippen molar-refractivity contribution in [2.45, 2.75) is 85.9 Å². The first-order valence-electron chi connectivity index (χ1n) is 9.67. The standard InChI is InChI=1S/C22H32O5/c1-8-14(4)20(25)26-19-9-10-21(6)12-17(24)16(13(2)3)11-18(21)22(19,7)27-15(5)23/h8,18-19H,9-12H2,1-7H3/b14-8-/t18-,19-,21-,22+/m1/s1. The zero-order chi connectivity index (χ0) is 20.6. The molecule has 0 spiro atoms. The first kappa shape index (κ1) is 21.4. The van der Waals surface area contributed by atoms with Crippen molar-refractivity contribution in [2.75, 3.05) is 0 Å². The van der Waals surface area contributed by atoms with Gasteiger partial charge in [-0.3, -0.25) is 9.59 Å². The fourth-order valence-corrected chi connectivity index (χ4v) is 4.74. The number of hydrogen-bond donors (Lipinski definition) is 0. The molecule has 0 aromatic heterocycles. The lowest BCUT2D eigenvalue weighted by Crippen LogP contribution is -2.61. The molecule has 5 nitrogen and oxygen atoms in total. The lowest BCUT2D eigenvalue weighted by atomic mass is 9.53. The van der Waals surface area contributed by atoms with Gasteiger partial charge in [-0.2, -0.15) is 0 Å². The van der Waals surface area contributed by atoms with Crippen molar-refractivity contribution in [2.24, 2.45) is 11.3 Å². The van der Waals surface area contributed by atoms with Crippen molar-refractivity contribution in [3.63, 3.8) is 0 Å². The third-order valence-corrected chi connectivity index (χ3v) is 6.43. The van der Waals surface area contributed by atoms with Crippen LogP contribution in [0.2, 0.25) is 0 Å². The lowest BCUT2D eigenvalue weighted by molar-refractivity contribution is -0.216. The molecule has 4 atom stereocenters. The maximum Gasteiger partial charge on any atom is 0.333 e. The number of fused-ring (bicyclic) bond motifs is 1. The molecule has 0 heterocycles. The van der Waals surface area contributed by atoms with E-state index < -0.39 is 17.7 Å². The summed E-state index contributed by atoms with van der Waals surface area (Å²) in [6.45, 7) is 12.7. The van der Waals surface area contributed by atoms with Gasteiger partial charge in [0.2, 0.25) is 0 Å². The molecule has 0 unspecified atom stereocenters. The fourth-order valence-electron chi connectivity index (χ4n) is 4.74. The molecule has 0 aromatic rings. The lowest BCUT2D eigenvalue weighted by Gasteiger charge is -2.56. The Balaban J connectivity index is 2.46. The van der Waals surface area contributed by atoms with Gasteiger partial charge >= 0.3 is 11.9 Å². The van der Waals surface area contributed by atoms with Gasteiger partial charge in [-0.15, -0.1) is 0 Å². The number of carbonyl (C=O) groups is 3. The van der Waals surface area contributed by atoms with Crippen LogP contribution in [-0.2, 0) is 23.9 Å². The first-order chi connectivity index (χ1) is 12.4. The molecule has 0 amide bonds. The van der Waals surface area contributed by atoms with E-state index in [1.54, 1.807) is 19.9 Å². The molecule has 0 bridgehead atoms. The maximum absolute atomic E-state index is 12.7. The van der Waals surface area contributed by atoms with Gasteiger partial charge in [-0.25, -0.2) is 4.79 Å². The predicted molar refractivity (Wildman–Crippen MR) is 103 cm³/mol. The summed E-state index contributed by atoms with van der Waals surface area (Å²) in [7, 11) is 0. The highest BCUT2D eigenvalue weighted by Gasteiger charge is 2.60. The third kappa shape index (κ3) is 4.02. The van der Waals surface area contributed by atoms with E-state index in [-0.39, 0.29) is 23.1 Å². The van der Waals surface area contributed by atoms with Crippen molar-refractivity contribution in [3.05, 3.63) is 22.8 Å². The Hall–Kier alpha value is -1.91. The number of esters is 2. The van der Waals surface area contributed by atoms with Crippen LogP contribution in [0.5, 0.6) is 0 Å². The van der Waals surface area contributed by atoms with Gasteiger partial charge in [0.25, 0.3) is 0 Å². The molecule has 0 saturated heterocycles. The molecule has 0 aliphatic heterocycles. The second-order valence-electron chi connectivity index (χ2n) is 8.67. The van der Waals surface area contributed by atoms with Gasteiger partial charge in [-0.05, 0) is 64.9 Å². The number of allylic oxidation sites excluding steroid dienone is 3. The first-order valence-corrected chi connectivity index (χ1v) is 9.67. The van der Waals surface area contributed by atoms with E-state index in [0.29, 0.717) is 24.8 Å². The number of Topliss-reactive ketones (excluding diaryl/α,β-unsaturated/α-hetero) is 1. The van der Waals surface area contributed by atoms with Crippen LogP contribution in [0.25, 0.3) is 0 Å². The summed E-state index contributed by atoms with van der Waals surface area (Å²) in [6.07, 6.45) is 3.47. The molecule has 2 fully saturated rings. The molecule has 0 radical (unpaired) electrons. The molecule has 5 heteroatoms. The molecule has 0 N–H and O–H groups in total. The minimum Gasteiger partial charge on any atom is -0.455 e. The van der Waals surface area contributed by atoms with Crippen molar-refractivity contribution in [3.8, 4) is 0 Å². The second-order valence-corrected chi connectivity index (χ2v) is 8.67. The van der Waals surface area contributed by atoms with Crippen molar-refractivity contribution >= 4 is 17.7 Å². The number of ether oxygens (including phenoxy) is 2. The molecule has 2 saturated carbocycles. The SMILES string of the molecule is C/C=C(/C)C(=O)O[C@@H]1CC[C@]2(C)CC(=O)C(=C(C)C)C[C@H]2[C@]1(C)OC(C)=O. The molecule has 2 rings (SSSR count). The summed E-state index contributed by atoms with van der Waals surface area (Å²) in [5.74, 6) is -0.701. The third-order valence-electron chi connectivity index (χ3n) is 6.43. The van der Waals surface area contributed by atoms with Gasteiger partial charge in [0.1, 0.15) is 11.7 Å². The van der Waals surface area contributed by atoms with Crippen LogP contribution in [0.3, 0.4) is 0 Å². The molecule has 2 aliphatic carbocycles. The normalized spacial score (nSPS) is 34.0. The van der Waals surface area contributed by atoms with E-state index >= 15 is 0 Å². The number of hydrogen-bond acceptors (Lipinski definition) is 5. The van der Waals surface area contributed by atoms with Crippen LogP contribution >= 0.6 is 0 Å². The Morgan fingerprint density at radius 2 is 1.78 bits per heavy atom. The van der Waals surface area contributed by atoms with Crippen molar-refractivity contribution < 1.29 is 23.9 Å². The average Bonchev–Trinajstić information content (AvgIpc) is 2.55. The van der Waals surface area contributed by atoms with Crippen LogP contribution in [0.4, 0.5) is 0 Å². The van der Waals surface area contributed by atoms with E-state index in [9.17, 15) is 14.4 Å². The minimum absolute atomic E-state index is 0.0889. The Bertz CT molecular complexity index is 712. The van der Waals surface area contributed by atoms with Crippen LogP contribution in [-0.4, -0.2) is 29.4 Å². The summed E-state index contributed by atoms with van der Waals surface area (Å²) < 4.78 is 11.6. The smallest absolute Gasteiger partial charge is 0.333 e.